The smallest absolute Gasteiger partial charge is 0.204 e. The molecule has 2 aliphatic rings. The molecule has 2 fully saturated rings. The zero-order valence-corrected chi connectivity index (χ0v) is 17.5. The molecule has 0 amide bonds. The Balaban J connectivity index is 1.43. The number of benzene rings is 1. The summed E-state index contributed by atoms with van der Waals surface area (Å²) in [7, 11) is 0. The minimum Gasteiger partial charge on any atom is -0.490 e. The van der Waals surface area contributed by atoms with Gasteiger partial charge in [0.1, 0.15) is 0 Å². The molecule has 3 rings (SSSR count). The van der Waals surface area contributed by atoms with Crippen LogP contribution >= 0.6 is 0 Å². The highest BCUT2D eigenvalue weighted by Crippen LogP contribution is 2.38. The summed E-state index contributed by atoms with van der Waals surface area (Å²) in [5.74, 6) is -0.257. The predicted octanol–water partition coefficient (Wildman–Crippen LogP) is 6.31. The van der Waals surface area contributed by atoms with Crippen molar-refractivity contribution in [2.75, 3.05) is 19.8 Å². The molecule has 1 aromatic rings. The van der Waals surface area contributed by atoms with Crippen LogP contribution < -0.4 is 9.47 Å². The Morgan fingerprint density at radius 1 is 1.00 bits per heavy atom. The molecule has 0 spiro atoms. The number of hydrogen-bond acceptors (Lipinski definition) is 3. The quantitative estimate of drug-likeness (QED) is 0.354. The summed E-state index contributed by atoms with van der Waals surface area (Å²) in [6.07, 6.45) is 10.6. The first-order chi connectivity index (χ1) is 14.1. The summed E-state index contributed by atoms with van der Waals surface area (Å²) in [4.78, 5) is 0. The lowest BCUT2D eigenvalue weighted by molar-refractivity contribution is -0.0176. The van der Waals surface area contributed by atoms with Gasteiger partial charge >= 0.3 is 0 Å². The van der Waals surface area contributed by atoms with E-state index in [1.807, 2.05) is 13.0 Å². The molecule has 1 saturated heterocycles. The highest BCUT2D eigenvalue weighted by atomic mass is 19.2. The Morgan fingerprint density at radius 2 is 1.66 bits per heavy atom. The summed E-state index contributed by atoms with van der Waals surface area (Å²) in [6, 6.07) is 2.93. The largest absolute Gasteiger partial charge is 0.490 e. The first-order valence-electron chi connectivity index (χ1n) is 11.1. The van der Waals surface area contributed by atoms with Crippen molar-refractivity contribution in [1.29, 1.82) is 0 Å². The van der Waals surface area contributed by atoms with Crippen molar-refractivity contribution in [2.24, 2.45) is 17.8 Å². The average Bonchev–Trinajstić information content (AvgIpc) is 2.77. The molecule has 29 heavy (non-hydrogen) atoms. The lowest BCUT2D eigenvalue weighted by Gasteiger charge is -2.37. The molecule has 0 aromatic heterocycles. The van der Waals surface area contributed by atoms with E-state index in [9.17, 15) is 8.78 Å². The van der Waals surface area contributed by atoms with E-state index in [1.54, 1.807) is 0 Å². The number of hydrogen-bond donors (Lipinski definition) is 0. The van der Waals surface area contributed by atoms with Crippen molar-refractivity contribution < 1.29 is 23.0 Å². The molecule has 1 saturated carbocycles. The normalized spacial score (nSPS) is 27.4. The second-order valence-electron chi connectivity index (χ2n) is 8.43. The molecule has 162 valence electrons. The zero-order valence-electron chi connectivity index (χ0n) is 17.5. The minimum atomic E-state index is -0.961. The van der Waals surface area contributed by atoms with Crippen LogP contribution in [0, 0.1) is 29.4 Å². The summed E-state index contributed by atoms with van der Waals surface area (Å²) in [5, 5.41) is 0. The Morgan fingerprint density at radius 3 is 2.24 bits per heavy atom. The minimum absolute atomic E-state index is 0.0244. The topological polar surface area (TPSA) is 27.7 Å². The fourth-order valence-corrected chi connectivity index (χ4v) is 4.45. The third kappa shape index (κ3) is 5.94. The predicted molar refractivity (Wildman–Crippen MR) is 110 cm³/mol. The van der Waals surface area contributed by atoms with Crippen LogP contribution in [-0.4, -0.2) is 25.9 Å². The lowest BCUT2D eigenvalue weighted by Crippen LogP contribution is -2.32. The Hall–Kier alpha value is -1.62. The van der Waals surface area contributed by atoms with Crippen LogP contribution in [0.1, 0.15) is 58.3 Å². The van der Waals surface area contributed by atoms with E-state index in [4.69, 9.17) is 14.2 Å². The van der Waals surface area contributed by atoms with Gasteiger partial charge in [0.25, 0.3) is 0 Å². The van der Waals surface area contributed by atoms with E-state index >= 15 is 0 Å². The van der Waals surface area contributed by atoms with Gasteiger partial charge in [-0.05, 0) is 74.8 Å². The molecule has 2 atom stereocenters. The molecule has 0 N–H and O–H groups in total. The van der Waals surface area contributed by atoms with Crippen molar-refractivity contribution in [3.8, 4) is 11.5 Å². The maximum Gasteiger partial charge on any atom is 0.204 e. The van der Waals surface area contributed by atoms with Crippen LogP contribution in [0.25, 0.3) is 0 Å². The number of ether oxygens (including phenoxy) is 3. The van der Waals surface area contributed by atoms with Crippen LogP contribution in [0.3, 0.4) is 0 Å². The molecule has 0 bridgehead atoms. The Labute approximate surface area is 173 Å². The molecule has 5 heteroatoms. The number of unbranched alkanes of at least 4 members (excludes halogenated alkanes) is 1. The first kappa shape index (κ1) is 22.1. The fraction of sp³-hybridized carbons (Fsp3) is 0.667. The molecular formula is C24H34F2O3. The first-order valence-corrected chi connectivity index (χ1v) is 11.1. The van der Waals surface area contributed by atoms with Gasteiger partial charge < -0.3 is 14.2 Å². The van der Waals surface area contributed by atoms with Crippen molar-refractivity contribution >= 4 is 0 Å². The number of rotatable bonds is 9. The van der Waals surface area contributed by atoms with Crippen LogP contribution in [0.4, 0.5) is 8.78 Å². The van der Waals surface area contributed by atoms with Crippen LogP contribution in [-0.2, 0) is 4.74 Å². The summed E-state index contributed by atoms with van der Waals surface area (Å²) < 4.78 is 45.3. The molecular weight excluding hydrogens is 374 g/mol. The van der Waals surface area contributed by atoms with E-state index in [1.165, 1.54) is 18.6 Å². The second-order valence-corrected chi connectivity index (χ2v) is 8.43. The molecule has 0 radical (unpaired) electrons. The zero-order chi connectivity index (χ0) is 20.6. The van der Waals surface area contributed by atoms with Gasteiger partial charge in [-0.1, -0.05) is 19.4 Å². The maximum atomic E-state index is 14.3. The standard InChI is InChI=1S/C24H34F2O3/c1-3-5-14-27-21-12-13-22(24(26)23(21)25)29-15-17-6-8-18(9-7-17)19-10-11-20(4-2)28-16-19/h4,12-13,17-20H,2-3,5-11,14-16H2,1H3. The van der Waals surface area contributed by atoms with Crippen molar-refractivity contribution in [2.45, 2.75) is 64.4 Å². The van der Waals surface area contributed by atoms with Crippen LogP contribution in [0.5, 0.6) is 11.5 Å². The molecule has 2 unspecified atom stereocenters. The molecule has 1 heterocycles. The Bertz CT molecular complexity index is 648. The van der Waals surface area contributed by atoms with Crippen molar-refractivity contribution in [3.63, 3.8) is 0 Å². The third-order valence-corrected chi connectivity index (χ3v) is 6.41. The van der Waals surface area contributed by atoms with E-state index in [-0.39, 0.29) is 17.6 Å². The fourth-order valence-electron chi connectivity index (χ4n) is 4.45. The van der Waals surface area contributed by atoms with Crippen LogP contribution in [0.15, 0.2) is 24.8 Å². The number of halogens is 2. The van der Waals surface area contributed by atoms with Gasteiger partial charge in [0.05, 0.1) is 25.9 Å². The lowest BCUT2D eigenvalue weighted by atomic mass is 9.74. The van der Waals surface area contributed by atoms with Crippen molar-refractivity contribution in [3.05, 3.63) is 36.4 Å². The van der Waals surface area contributed by atoms with E-state index in [0.29, 0.717) is 31.0 Å². The van der Waals surface area contributed by atoms with Gasteiger partial charge in [-0.25, -0.2) is 0 Å². The highest BCUT2D eigenvalue weighted by molar-refractivity contribution is 5.35. The van der Waals surface area contributed by atoms with Crippen LogP contribution in [0.2, 0.25) is 0 Å². The SMILES string of the molecule is C=CC1CCC(C2CCC(COc3ccc(OCCCC)c(F)c3F)CC2)CO1. The summed E-state index contributed by atoms with van der Waals surface area (Å²) in [6.45, 7) is 7.48. The summed E-state index contributed by atoms with van der Waals surface area (Å²) in [5.41, 5.74) is 0. The van der Waals surface area contributed by atoms with E-state index in [2.05, 4.69) is 6.58 Å². The molecule has 1 aliphatic carbocycles. The summed E-state index contributed by atoms with van der Waals surface area (Å²) >= 11 is 0. The van der Waals surface area contributed by atoms with Gasteiger partial charge in [0.15, 0.2) is 11.5 Å². The Kier molecular flexibility index (Phi) is 8.34. The highest BCUT2D eigenvalue weighted by Gasteiger charge is 2.31. The second kappa shape index (κ2) is 11.0. The third-order valence-electron chi connectivity index (χ3n) is 6.41. The molecule has 1 aliphatic heterocycles. The van der Waals surface area contributed by atoms with E-state index < -0.39 is 11.6 Å². The van der Waals surface area contributed by atoms with Gasteiger partial charge in [0.2, 0.25) is 11.6 Å². The molecule has 3 nitrogen and oxygen atoms in total. The maximum absolute atomic E-state index is 14.3. The van der Waals surface area contributed by atoms with Gasteiger partial charge in [-0.2, -0.15) is 8.78 Å². The van der Waals surface area contributed by atoms with E-state index in [0.717, 1.165) is 51.6 Å². The van der Waals surface area contributed by atoms with Gasteiger partial charge in [-0.15, -0.1) is 6.58 Å². The monoisotopic (exact) mass is 408 g/mol. The van der Waals surface area contributed by atoms with Gasteiger partial charge in [0, 0.05) is 0 Å². The van der Waals surface area contributed by atoms with Crippen molar-refractivity contribution in [1.82, 2.24) is 0 Å². The van der Waals surface area contributed by atoms with Gasteiger partial charge in [-0.3, -0.25) is 0 Å². The average molecular weight is 409 g/mol. The molecule has 1 aromatic carbocycles.